The van der Waals surface area contributed by atoms with Crippen LogP contribution in [0.25, 0.3) is 0 Å². The SMILES string of the molecule is Cc1ccc(C(O)S(=O)(=O)c2c(NC(=O)CN3CCCC(O)C3)sc3c2CCOC3)cc1. The molecule has 3 N–H and O–H groups in total. The van der Waals surface area contributed by atoms with Crippen molar-refractivity contribution in [2.75, 3.05) is 31.6 Å². The third-order valence-electron chi connectivity index (χ3n) is 5.81. The smallest absolute Gasteiger partial charge is 0.239 e. The molecule has 1 saturated heterocycles. The third-order valence-corrected chi connectivity index (χ3v) is 8.94. The molecular weight excluding hydrogens is 452 g/mol. The largest absolute Gasteiger partial charge is 0.392 e. The van der Waals surface area contributed by atoms with E-state index in [1.807, 2.05) is 11.8 Å². The Morgan fingerprint density at radius 2 is 2.09 bits per heavy atom. The van der Waals surface area contributed by atoms with E-state index in [1.54, 1.807) is 24.3 Å². The van der Waals surface area contributed by atoms with Crippen molar-refractivity contribution < 1.29 is 28.2 Å². The standard InChI is InChI=1S/C22H28N2O6S2/c1-14-4-6-15(7-5-14)22(27)32(28,29)20-17-8-10-30-13-18(17)31-21(20)23-19(26)12-24-9-2-3-16(25)11-24/h4-7,16,22,25,27H,2-3,8-13H2,1H3,(H,23,26). The van der Waals surface area contributed by atoms with Crippen molar-refractivity contribution in [3.8, 4) is 0 Å². The Hall–Kier alpha value is -1.82. The first-order valence-electron chi connectivity index (χ1n) is 10.7. The number of ether oxygens (including phenoxy) is 1. The molecule has 2 atom stereocenters. The molecule has 1 fully saturated rings. The predicted molar refractivity (Wildman–Crippen MR) is 121 cm³/mol. The highest BCUT2D eigenvalue weighted by molar-refractivity contribution is 7.92. The third kappa shape index (κ3) is 4.90. The van der Waals surface area contributed by atoms with E-state index in [0.29, 0.717) is 31.7 Å². The van der Waals surface area contributed by atoms with Crippen LogP contribution in [0, 0.1) is 6.92 Å². The number of rotatable bonds is 6. The first kappa shape index (κ1) is 23.3. The number of fused-ring (bicyclic) bond motifs is 1. The molecule has 32 heavy (non-hydrogen) atoms. The minimum atomic E-state index is -4.18. The van der Waals surface area contributed by atoms with Gasteiger partial charge in [-0.15, -0.1) is 11.3 Å². The molecule has 4 rings (SSSR count). The number of thiophene rings is 1. The van der Waals surface area contributed by atoms with Crippen LogP contribution in [0.4, 0.5) is 5.00 Å². The lowest BCUT2D eigenvalue weighted by atomic mass is 10.1. The monoisotopic (exact) mass is 480 g/mol. The molecule has 0 spiro atoms. The van der Waals surface area contributed by atoms with Crippen LogP contribution in [0.15, 0.2) is 29.2 Å². The van der Waals surface area contributed by atoms with E-state index in [0.717, 1.165) is 23.3 Å². The Balaban J connectivity index is 1.63. The Morgan fingerprint density at radius 1 is 1.34 bits per heavy atom. The fraction of sp³-hybridized carbons (Fsp3) is 0.500. The van der Waals surface area contributed by atoms with Crippen LogP contribution in [-0.4, -0.2) is 61.8 Å². The summed E-state index contributed by atoms with van der Waals surface area (Å²) in [7, 11) is -4.18. The first-order valence-corrected chi connectivity index (χ1v) is 13.0. The molecule has 3 heterocycles. The molecule has 2 unspecified atom stereocenters. The van der Waals surface area contributed by atoms with Crippen LogP contribution in [0.2, 0.25) is 0 Å². The lowest BCUT2D eigenvalue weighted by molar-refractivity contribution is -0.118. The van der Waals surface area contributed by atoms with Gasteiger partial charge in [0.2, 0.25) is 15.7 Å². The van der Waals surface area contributed by atoms with E-state index in [-0.39, 0.29) is 34.5 Å². The van der Waals surface area contributed by atoms with Crippen molar-refractivity contribution in [1.82, 2.24) is 4.90 Å². The molecule has 1 aromatic heterocycles. The van der Waals surface area contributed by atoms with Crippen molar-refractivity contribution >= 4 is 32.1 Å². The zero-order chi connectivity index (χ0) is 22.9. The summed E-state index contributed by atoms with van der Waals surface area (Å²) in [6.45, 7) is 3.73. The summed E-state index contributed by atoms with van der Waals surface area (Å²) >= 11 is 1.18. The van der Waals surface area contributed by atoms with Gasteiger partial charge >= 0.3 is 0 Å². The van der Waals surface area contributed by atoms with Gasteiger partial charge in [0.15, 0.2) is 5.44 Å². The number of carbonyl (C=O) groups excluding carboxylic acids is 1. The molecule has 0 aliphatic carbocycles. The molecule has 174 valence electrons. The Bertz CT molecular complexity index is 1080. The number of aliphatic hydroxyl groups is 2. The maximum absolute atomic E-state index is 13.5. The average Bonchev–Trinajstić information content (AvgIpc) is 3.12. The molecular formula is C22H28N2O6S2. The average molecular weight is 481 g/mol. The molecule has 0 radical (unpaired) electrons. The number of sulfone groups is 1. The van der Waals surface area contributed by atoms with E-state index in [2.05, 4.69) is 5.32 Å². The van der Waals surface area contributed by atoms with Crippen LogP contribution in [-0.2, 0) is 32.4 Å². The molecule has 2 aliphatic rings. The van der Waals surface area contributed by atoms with Gasteiger partial charge in [-0.25, -0.2) is 8.42 Å². The highest BCUT2D eigenvalue weighted by atomic mass is 32.2. The number of benzene rings is 1. The molecule has 0 bridgehead atoms. The highest BCUT2D eigenvalue weighted by Crippen LogP contribution is 2.43. The number of likely N-dealkylation sites (tertiary alicyclic amines) is 1. The molecule has 10 heteroatoms. The van der Waals surface area contributed by atoms with Gasteiger partial charge < -0.3 is 20.3 Å². The maximum Gasteiger partial charge on any atom is 0.239 e. The summed E-state index contributed by atoms with van der Waals surface area (Å²) in [4.78, 5) is 15.3. The van der Waals surface area contributed by atoms with E-state index in [9.17, 15) is 23.4 Å². The summed E-state index contributed by atoms with van der Waals surface area (Å²) in [6, 6.07) is 6.69. The topological polar surface area (TPSA) is 116 Å². The van der Waals surface area contributed by atoms with Gasteiger partial charge in [-0.05, 0) is 43.9 Å². The number of piperidine rings is 1. The second kappa shape index (κ2) is 9.58. The van der Waals surface area contributed by atoms with Gasteiger partial charge in [0, 0.05) is 11.4 Å². The summed E-state index contributed by atoms with van der Waals surface area (Å²) in [5, 5.41) is 23.6. The van der Waals surface area contributed by atoms with Gasteiger partial charge in [0.1, 0.15) is 9.90 Å². The summed E-state index contributed by atoms with van der Waals surface area (Å²) in [6.07, 6.45) is 1.47. The van der Waals surface area contributed by atoms with Crippen molar-refractivity contribution in [3.05, 3.63) is 45.8 Å². The van der Waals surface area contributed by atoms with E-state index < -0.39 is 21.4 Å². The minimum absolute atomic E-state index is 0.0131. The second-order valence-corrected chi connectivity index (χ2v) is 11.4. The van der Waals surface area contributed by atoms with Gasteiger partial charge in [-0.3, -0.25) is 9.69 Å². The van der Waals surface area contributed by atoms with Crippen molar-refractivity contribution in [3.63, 3.8) is 0 Å². The van der Waals surface area contributed by atoms with Gasteiger partial charge in [0.25, 0.3) is 0 Å². The lowest BCUT2D eigenvalue weighted by Gasteiger charge is -2.29. The quantitative estimate of drug-likeness (QED) is 0.579. The second-order valence-electron chi connectivity index (χ2n) is 8.35. The molecule has 8 nitrogen and oxygen atoms in total. The van der Waals surface area contributed by atoms with Gasteiger partial charge in [-0.1, -0.05) is 29.8 Å². The molecule has 1 amide bonds. The van der Waals surface area contributed by atoms with Crippen LogP contribution < -0.4 is 5.32 Å². The Morgan fingerprint density at radius 3 is 2.81 bits per heavy atom. The van der Waals surface area contributed by atoms with Gasteiger partial charge in [0.05, 0.1) is 25.9 Å². The lowest BCUT2D eigenvalue weighted by Crippen LogP contribution is -2.42. The number of amides is 1. The normalized spacial score (nSPS) is 20.5. The van der Waals surface area contributed by atoms with E-state index >= 15 is 0 Å². The number of aliphatic hydroxyl groups excluding tert-OH is 2. The van der Waals surface area contributed by atoms with Crippen LogP contribution in [0.1, 0.15) is 39.8 Å². The number of β-amino-alcohol motifs (C(OH)–C–C–N with tert-alkyl or cyclic N) is 1. The van der Waals surface area contributed by atoms with Crippen molar-refractivity contribution in [2.45, 2.75) is 49.2 Å². The predicted octanol–water partition coefficient (Wildman–Crippen LogP) is 1.99. The van der Waals surface area contributed by atoms with Crippen LogP contribution in [0.3, 0.4) is 0 Å². The van der Waals surface area contributed by atoms with Crippen molar-refractivity contribution in [2.24, 2.45) is 0 Å². The first-order chi connectivity index (χ1) is 15.3. The number of aryl methyl sites for hydroxylation is 1. The minimum Gasteiger partial charge on any atom is -0.392 e. The number of anilines is 1. The van der Waals surface area contributed by atoms with E-state index in [1.165, 1.54) is 11.3 Å². The van der Waals surface area contributed by atoms with Crippen LogP contribution >= 0.6 is 11.3 Å². The molecule has 2 aromatic rings. The fourth-order valence-corrected chi connectivity index (χ4v) is 7.40. The molecule has 2 aliphatic heterocycles. The molecule has 0 saturated carbocycles. The molecule has 1 aromatic carbocycles. The van der Waals surface area contributed by atoms with Crippen LogP contribution in [0.5, 0.6) is 0 Å². The zero-order valence-corrected chi connectivity index (χ0v) is 19.5. The summed E-state index contributed by atoms with van der Waals surface area (Å²) < 4.78 is 32.5. The maximum atomic E-state index is 13.5. The number of nitrogens with zero attached hydrogens (tertiary/aromatic N) is 1. The summed E-state index contributed by atoms with van der Waals surface area (Å²) in [5.74, 6) is -0.347. The Labute approximate surface area is 191 Å². The number of carbonyl (C=O) groups is 1. The Kier molecular flexibility index (Phi) is 6.99. The number of hydrogen-bond donors (Lipinski definition) is 3. The summed E-state index contributed by atoms with van der Waals surface area (Å²) in [5.41, 5.74) is 0.107. The van der Waals surface area contributed by atoms with Crippen molar-refractivity contribution in [1.29, 1.82) is 0 Å². The highest BCUT2D eigenvalue weighted by Gasteiger charge is 2.36. The van der Waals surface area contributed by atoms with Gasteiger partial charge in [-0.2, -0.15) is 0 Å². The van der Waals surface area contributed by atoms with E-state index in [4.69, 9.17) is 4.74 Å². The zero-order valence-electron chi connectivity index (χ0n) is 17.9. The number of hydrogen-bond acceptors (Lipinski definition) is 8. The fourth-order valence-electron chi connectivity index (χ4n) is 4.15. The number of nitrogens with one attached hydrogen (secondary N) is 1.